The Kier molecular flexibility index (Phi) is 4.74. The number of nitriles is 1. The number of hydrogen-bond donors (Lipinski definition) is 1. The molecule has 0 unspecified atom stereocenters. The standard InChI is InChI=1S/C22H18N2/c1-17-15-22(24-21-12-8-19(16-23)9-13-21)14-11-20(17)10-7-18-5-3-2-4-6-18/h2-15,24H,1H3/b10-7+. The summed E-state index contributed by atoms with van der Waals surface area (Å²) in [6.07, 6.45) is 4.26. The second kappa shape index (κ2) is 7.30. The van der Waals surface area contributed by atoms with Crippen LogP contribution in [-0.4, -0.2) is 0 Å². The lowest BCUT2D eigenvalue weighted by Gasteiger charge is -2.09. The summed E-state index contributed by atoms with van der Waals surface area (Å²) in [7, 11) is 0. The van der Waals surface area contributed by atoms with Crippen LogP contribution in [0.4, 0.5) is 11.4 Å². The van der Waals surface area contributed by atoms with Gasteiger partial charge in [-0.25, -0.2) is 0 Å². The van der Waals surface area contributed by atoms with E-state index < -0.39 is 0 Å². The van der Waals surface area contributed by atoms with E-state index in [9.17, 15) is 0 Å². The smallest absolute Gasteiger partial charge is 0.0991 e. The highest BCUT2D eigenvalue weighted by Gasteiger charge is 1.99. The Labute approximate surface area is 142 Å². The van der Waals surface area contributed by atoms with E-state index in [2.05, 4.69) is 60.8 Å². The van der Waals surface area contributed by atoms with Crippen LogP contribution in [0.3, 0.4) is 0 Å². The lowest BCUT2D eigenvalue weighted by molar-refractivity contribution is 1.42. The number of nitrogens with zero attached hydrogens (tertiary/aromatic N) is 1. The van der Waals surface area contributed by atoms with Crippen molar-refractivity contribution in [3.8, 4) is 6.07 Å². The summed E-state index contributed by atoms with van der Waals surface area (Å²) in [6.45, 7) is 2.11. The number of hydrogen-bond acceptors (Lipinski definition) is 2. The molecule has 116 valence electrons. The van der Waals surface area contributed by atoms with E-state index in [-0.39, 0.29) is 0 Å². The maximum atomic E-state index is 8.84. The van der Waals surface area contributed by atoms with Crippen LogP contribution in [-0.2, 0) is 0 Å². The second-order valence-corrected chi connectivity index (χ2v) is 5.63. The maximum absolute atomic E-state index is 8.84. The van der Waals surface area contributed by atoms with Crippen LogP contribution in [0.15, 0.2) is 72.8 Å². The Hall–Kier alpha value is -3.31. The summed E-state index contributed by atoms with van der Waals surface area (Å²) >= 11 is 0. The van der Waals surface area contributed by atoms with E-state index >= 15 is 0 Å². The lowest BCUT2D eigenvalue weighted by atomic mass is 10.1. The molecule has 3 aromatic rings. The number of nitrogens with one attached hydrogen (secondary N) is 1. The molecule has 24 heavy (non-hydrogen) atoms. The number of rotatable bonds is 4. The highest BCUT2D eigenvalue weighted by molar-refractivity contribution is 5.73. The first-order valence-corrected chi connectivity index (χ1v) is 7.85. The van der Waals surface area contributed by atoms with Crippen LogP contribution < -0.4 is 5.32 Å². The van der Waals surface area contributed by atoms with Crippen molar-refractivity contribution in [1.29, 1.82) is 5.26 Å². The number of benzene rings is 3. The molecule has 0 bridgehead atoms. The fourth-order valence-electron chi connectivity index (χ4n) is 2.49. The molecule has 0 aromatic heterocycles. The van der Waals surface area contributed by atoms with Crippen LogP contribution in [0.1, 0.15) is 22.3 Å². The van der Waals surface area contributed by atoms with Crippen molar-refractivity contribution in [2.24, 2.45) is 0 Å². The molecule has 0 heterocycles. The van der Waals surface area contributed by atoms with Gasteiger partial charge in [-0.15, -0.1) is 0 Å². The zero-order valence-electron chi connectivity index (χ0n) is 13.5. The molecule has 0 atom stereocenters. The van der Waals surface area contributed by atoms with Crippen molar-refractivity contribution in [1.82, 2.24) is 0 Å². The van der Waals surface area contributed by atoms with Crippen molar-refractivity contribution in [2.75, 3.05) is 5.32 Å². The van der Waals surface area contributed by atoms with Crippen LogP contribution in [0.25, 0.3) is 12.2 Å². The van der Waals surface area contributed by atoms with Gasteiger partial charge in [-0.2, -0.15) is 5.26 Å². The summed E-state index contributed by atoms with van der Waals surface area (Å²) in [6, 6.07) is 26.2. The zero-order chi connectivity index (χ0) is 16.8. The monoisotopic (exact) mass is 310 g/mol. The highest BCUT2D eigenvalue weighted by atomic mass is 14.9. The number of aryl methyl sites for hydroxylation is 1. The molecule has 2 nitrogen and oxygen atoms in total. The van der Waals surface area contributed by atoms with E-state index in [4.69, 9.17) is 5.26 Å². The Morgan fingerprint density at radius 3 is 2.21 bits per heavy atom. The van der Waals surface area contributed by atoms with Gasteiger partial charge in [0.2, 0.25) is 0 Å². The van der Waals surface area contributed by atoms with Crippen LogP contribution >= 0.6 is 0 Å². The minimum atomic E-state index is 0.665. The SMILES string of the molecule is Cc1cc(Nc2ccc(C#N)cc2)ccc1/C=C/c1ccccc1. The normalized spacial score (nSPS) is 10.5. The average Bonchev–Trinajstić information content (AvgIpc) is 2.62. The molecule has 0 radical (unpaired) electrons. The molecule has 1 N–H and O–H groups in total. The van der Waals surface area contributed by atoms with Gasteiger partial charge in [0, 0.05) is 11.4 Å². The van der Waals surface area contributed by atoms with Crippen LogP contribution in [0, 0.1) is 18.3 Å². The summed E-state index contributed by atoms with van der Waals surface area (Å²) < 4.78 is 0. The largest absolute Gasteiger partial charge is 0.356 e. The predicted octanol–water partition coefficient (Wildman–Crippen LogP) is 5.78. The Bertz CT molecular complexity index is 886. The van der Waals surface area contributed by atoms with Gasteiger partial charge in [0.1, 0.15) is 0 Å². The zero-order valence-corrected chi connectivity index (χ0v) is 13.5. The Balaban J connectivity index is 1.74. The molecule has 0 saturated carbocycles. The third-order valence-electron chi connectivity index (χ3n) is 3.83. The van der Waals surface area contributed by atoms with Crippen molar-refractivity contribution in [3.05, 3.63) is 95.1 Å². The van der Waals surface area contributed by atoms with E-state index in [0.29, 0.717) is 5.56 Å². The fraction of sp³-hybridized carbons (Fsp3) is 0.0455. The molecular formula is C22H18N2. The molecule has 0 fully saturated rings. The first-order valence-electron chi connectivity index (χ1n) is 7.85. The summed E-state index contributed by atoms with van der Waals surface area (Å²) in [5.74, 6) is 0. The van der Waals surface area contributed by atoms with Crippen LogP contribution in [0.5, 0.6) is 0 Å². The molecule has 0 aliphatic rings. The van der Waals surface area contributed by atoms with Crippen molar-refractivity contribution in [3.63, 3.8) is 0 Å². The lowest BCUT2D eigenvalue weighted by Crippen LogP contribution is -1.92. The molecule has 3 rings (SSSR count). The topological polar surface area (TPSA) is 35.8 Å². The second-order valence-electron chi connectivity index (χ2n) is 5.63. The average molecular weight is 310 g/mol. The van der Waals surface area contributed by atoms with Gasteiger partial charge in [0.25, 0.3) is 0 Å². The Morgan fingerprint density at radius 1 is 0.833 bits per heavy atom. The van der Waals surface area contributed by atoms with Crippen molar-refractivity contribution in [2.45, 2.75) is 6.92 Å². The van der Waals surface area contributed by atoms with E-state index in [1.165, 1.54) is 16.7 Å². The first-order chi connectivity index (χ1) is 11.7. The molecule has 0 saturated heterocycles. The van der Waals surface area contributed by atoms with Crippen molar-refractivity contribution < 1.29 is 0 Å². The maximum Gasteiger partial charge on any atom is 0.0991 e. The van der Waals surface area contributed by atoms with Gasteiger partial charge in [-0.1, -0.05) is 48.6 Å². The minimum absolute atomic E-state index is 0.665. The van der Waals surface area contributed by atoms with Gasteiger partial charge in [-0.05, 0) is 60.0 Å². The summed E-state index contributed by atoms with van der Waals surface area (Å²) in [5.41, 5.74) is 6.27. The predicted molar refractivity (Wildman–Crippen MR) is 101 cm³/mol. The van der Waals surface area contributed by atoms with Gasteiger partial charge in [0.05, 0.1) is 11.6 Å². The summed E-state index contributed by atoms with van der Waals surface area (Å²) in [5, 5.41) is 12.2. The third-order valence-corrected chi connectivity index (χ3v) is 3.83. The Morgan fingerprint density at radius 2 is 1.54 bits per heavy atom. The molecule has 2 heteroatoms. The molecule has 3 aromatic carbocycles. The van der Waals surface area contributed by atoms with Crippen LogP contribution in [0.2, 0.25) is 0 Å². The van der Waals surface area contributed by atoms with E-state index in [1.54, 1.807) is 0 Å². The summed E-state index contributed by atoms with van der Waals surface area (Å²) in [4.78, 5) is 0. The minimum Gasteiger partial charge on any atom is -0.356 e. The van der Waals surface area contributed by atoms with Gasteiger partial charge in [-0.3, -0.25) is 0 Å². The van der Waals surface area contributed by atoms with Gasteiger partial charge in [0.15, 0.2) is 0 Å². The van der Waals surface area contributed by atoms with E-state index in [0.717, 1.165) is 11.4 Å². The number of anilines is 2. The van der Waals surface area contributed by atoms with Gasteiger partial charge >= 0.3 is 0 Å². The third kappa shape index (κ3) is 3.91. The van der Waals surface area contributed by atoms with Gasteiger partial charge < -0.3 is 5.32 Å². The molecular weight excluding hydrogens is 292 g/mol. The molecule has 0 aliphatic carbocycles. The van der Waals surface area contributed by atoms with Crippen molar-refractivity contribution >= 4 is 23.5 Å². The molecule has 0 amide bonds. The first kappa shape index (κ1) is 15.6. The quantitative estimate of drug-likeness (QED) is 0.620. The highest BCUT2D eigenvalue weighted by Crippen LogP contribution is 2.21. The van der Waals surface area contributed by atoms with E-state index in [1.807, 2.05) is 42.5 Å². The molecule has 0 spiro atoms. The molecule has 0 aliphatic heterocycles. The fourth-order valence-corrected chi connectivity index (χ4v) is 2.49.